The number of hydrogen-bond acceptors (Lipinski definition) is 3. The second kappa shape index (κ2) is 13.8. The average Bonchev–Trinajstić information content (AvgIpc) is 3.67. The molecule has 8 aromatic carbocycles. The number of allylic oxidation sites excluding steroid dienone is 4. The number of fused-ring (bicyclic) bond motifs is 8. The van der Waals surface area contributed by atoms with Gasteiger partial charge in [-0.3, -0.25) is 4.57 Å². The van der Waals surface area contributed by atoms with Crippen LogP contribution >= 0.6 is 0 Å². The van der Waals surface area contributed by atoms with Crippen molar-refractivity contribution in [2.75, 3.05) is 4.90 Å². The summed E-state index contributed by atoms with van der Waals surface area (Å²) < 4.78 is 2.33. The van der Waals surface area contributed by atoms with Crippen molar-refractivity contribution in [3.8, 4) is 17.1 Å². The molecule has 4 nitrogen and oxygen atoms in total. The van der Waals surface area contributed by atoms with Crippen LogP contribution in [0.5, 0.6) is 0 Å². The van der Waals surface area contributed by atoms with E-state index in [1.165, 1.54) is 49.6 Å². The minimum Gasteiger partial charge on any atom is -0.310 e. The van der Waals surface area contributed by atoms with Crippen molar-refractivity contribution in [3.05, 3.63) is 223 Å². The largest absolute Gasteiger partial charge is 0.310 e. The van der Waals surface area contributed by atoms with E-state index in [2.05, 4.69) is 224 Å². The van der Waals surface area contributed by atoms with Crippen LogP contribution in [0.2, 0.25) is 0 Å². The number of rotatable bonds is 5. The number of aromatic nitrogens is 3. The smallest absolute Gasteiger partial charge is 0.235 e. The third-order valence-electron chi connectivity index (χ3n) is 13.1. The maximum atomic E-state index is 5.57. The standard InChI is InChI=1S/C57H42N4/c1-57(2)47-25-12-14-27-50(47)60(42-19-7-4-8-20-42)51-34-33-41(36-48(51)57)44-23-15-24-46-53-43-21-10-9-18-39(43)32-35-52(53)61(55(44)46)56-58-49-26-13-11-22-45(49)54(59-56)40-30-28-38(29-31-40)37-16-5-3-6-17-37/h3-28,30-36,38H,29H2,1-2H3. The van der Waals surface area contributed by atoms with Crippen LogP contribution < -0.4 is 4.90 Å². The van der Waals surface area contributed by atoms with Gasteiger partial charge in [0.25, 0.3) is 0 Å². The van der Waals surface area contributed by atoms with Crippen LogP contribution in [0.1, 0.15) is 48.6 Å². The normalized spacial score (nSPS) is 15.6. The Labute approximate surface area is 355 Å². The van der Waals surface area contributed by atoms with Gasteiger partial charge in [-0.05, 0) is 87.5 Å². The maximum Gasteiger partial charge on any atom is 0.235 e. The van der Waals surface area contributed by atoms with Crippen molar-refractivity contribution in [1.82, 2.24) is 14.5 Å². The third kappa shape index (κ3) is 5.52. The average molecular weight is 783 g/mol. The van der Waals surface area contributed by atoms with Crippen LogP contribution in [0.15, 0.2) is 200 Å². The molecule has 12 rings (SSSR count). The lowest BCUT2D eigenvalue weighted by molar-refractivity contribution is 0.632. The quantitative estimate of drug-likeness (QED) is 0.174. The summed E-state index contributed by atoms with van der Waals surface area (Å²) in [6, 6.07) is 65.9. The molecule has 0 N–H and O–H groups in total. The third-order valence-corrected chi connectivity index (χ3v) is 13.1. The second-order valence-electron chi connectivity index (χ2n) is 16.9. The number of para-hydroxylation sites is 4. The predicted molar refractivity (Wildman–Crippen MR) is 255 cm³/mol. The van der Waals surface area contributed by atoms with Gasteiger partial charge >= 0.3 is 0 Å². The number of hydrogen-bond donors (Lipinski definition) is 0. The molecule has 0 radical (unpaired) electrons. The van der Waals surface area contributed by atoms with Gasteiger partial charge in [-0.15, -0.1) is 0 Å². The molecule has 0 saturated heterocycles. The summed E-state index contributed by atoms with van der Waals surface area (Å²) in [5.41, 5.74) is 14.7. The monoisotopic (exact) mass is 782 g/mol. The van der Waals surface area contributed by atoms with Crippen LogP contribution in [-0.4, -0.2) is 14.5 Å². The fourth-order valence-corrected chi connectivity index (χ4v) is 10.1. The van der Waals surface area contributed by atoms with E-state index < -0.39 is 0 Å². The Hall–Kier alpha value is -7.56. The molecular formula is C57H42N4. The Morgan fingerprint density at radius 1 is 0.590 bits per heavy atom. The summed E-state index contributed by atoms with van der Waals surface area (Å²) in [5, 5.41) is 5.86. The van der Waals surface area contributed by atoms with Crippen LogP contribution in [-0.2, 0) is 5.41 Å². The zero-order valence-electron chi connectivity index (χ0n) is 34.1. The molecule has 61 heavy (non-hydrogen) atoms. The van der Waals surface area contributed by atoms with E-state index in [0.29, 0.717) is 11.9 Å². The van der Waals surface area contributed by atoms with Crippen molar-refractivity contribution in [2.24, 2.45) is 0 Å². The molecule has 290 valence electrons. The van der Waals surface area contributed by atoms with E-state index in [1.54, 1.807) is 0 Å². The summed E-state index contributed by atoms with van der Waals surface area (Å²) in [4.78, 5) is 13.4. The fraction of sp³-hybridized carbons (Fsp3) is 0.0877. The van der Waals surface area contributed by atoms with E-state index >= 15 is 0 Å². The summed E-state index contributed by atoms with van der Waals surface area (Å²) in [7, 11) is 0. The molecule has 0 bridgehead atoms. The fourth-order valence-electron chi connectivity index (χ4n) is 10.1. The summed E-state index contributed by atoms with van der Waals surface area (Å²) in [5.74, 6) is 0.999. The second-order valence-corrected chi connectivity index (χ2v) is 16.9. The van der Waals surface area contributed by atoms with Crippen molar-refractivity contribution >= 4 is 66.1 Å². The molecule has 1 aliphatic carbocycles. The van der Waals surface area contributed by atoms with Crippen LogP contribution in [0.25, 0.3) is 66.1 Å². The number of benzene rings is 8. The minimum atomic E-state index is -0.249. The SMILES string of the molecule is CC1(C)c2ccccc2N(c2ccccc2)c2ccc(-c3cccc4c5c6ccccc6ccc5n(-c5nc(C6=CCC(c7ccccc7)C=C6)c6ccccc6n5)c34)cc21. The molecule has 0 fully saturated rings. The molecular weight excluding hydrogens is 741 g/mol. The molecule has 1 atom stereocenters. The molecule has 0 saturated carbocycles. The first-order valence-corrected chi connectivity index (χ1v) is 21.3. The maximum absolute atomic E-state index is 5.57. The molecule has 0 amide bonds. The van der Waals surface area contributed by atoms with Gasteiger partial charge in [0.15, 0.2) is 0 Å². The summed E-state index contributed by atoms with van der Waals surface area (Å²) in [6.07, 6.45) is 7.86. The molecule has 0 spiro atoms. The summed E-state index contributed by atoms with van der Waals surface area (Å²) >= 11 is 0. The van der Waals surface area contributed by atoms with Crippen molar-refractivity contribution in [2.45, 2.75) is 31.6 Å². The number of anilines is 3. The van der Waals surface area contributed by atoms with Crippen molar-refractivity contribution in [1.29, 1.82) is 0 Å². The highest BCUT2D eigenvalue weighted by Gasteiger charge is 2.37. The van der Waals surface area contributed by atoms with Gasteiger partial charge in [0.1, 0.15) is 0 Å². The van der Waals surface area contributed by atoms with Gasteiger partial charge in [0, 0.05) is 38.7 Å². The van der Waals surface area contributed by atoms with Gasteiger partial charge < -0.3 is 4.90 Å². The highest BCUT2D eigenvalue weighted by molar-refractivity contribution is 6.23. The Bertz CT molecular complexity index is 3430. The van der Waals surface area contributed by atoms with Gasteiger partial charge in [-0.25, -0.2) is 9.97 Å². The predicted octanol–water partition coefficient (Wildman–Crippen LogP) is 14.8. The first-order chi connectivity index (χ1) is 30.0. The molecule has 3 heterocycles. The van der Waals surface area contributed by atoms with Gasteiger partial charge in [0.05, 0.1) is 33.6 Å². The Morgan fingerprint density at radius 2 is 1.31 bits per heavy atom. The topological polar surface area (TPSA) is 34.0 Å². The molecule has 1 aliphatic heterocycles. The molecule has 4 heteroatoms. The van der Waals surface area contributed by atoms with Crippen LogP contribution in [0, 0.1) is 0 Å². The Kier molecular flexibility index (Phi) is 7.98. The zero-order chi connectivity index (χ0) is 40.7. The molecule has 2 aromatic heterocycles. The lowest BCUT2D eigenvalue weighted by Crippen LogP contribution is -2.30. The van der Waals surface area contributed by atoms with E-state index in [-0.39, 0.29) is 5.41 Å². The first kappa shape index (κ1) is 35.4. The van der Waals surface area contributed by atoms with E-state index in [0.717, 1.165) is 56.4 Å². The zero-order valence-corrected chi connectivity index (χ0v) is 34.1. The van der Waals surface area contributed by atoms with E-state index in [4.69, 9.17) is 9.97 Å². The highest BCUT2D eigenvalue weighted by Crippen LogP contribution is 2.53. The molecule has 10 aromatic rings. The van der Waals surface area contributed by atoms with Gasteiger partial charge in [-0.1, -0.05) is 172 Å². The minimum absolute atomic E-state index is 0.249. The lowest BCUT2D eigenvalue weighted by Gasteiger charge is -2.42. The number of nitrogens with zero attached hydrogens (tertiary/aromatic N) is 4. The van der Waals surface area contributed by atoms with E-state index in [9.17, 15) is 0 Å². The van der Waals surface area contributed by atoms with Gasteiger partial charge in [-0.2, -0.15) is 0 Å². The molecule has 1 unspecified atom stereocenters. The van der Waals surface area contributed by atoms with Crippen molar-refractivity contribution < 1.29 is 0 Å². The van der Waals surface area contributed by atoms with E-state index in [1.807, 2.05) is 0 Å². The molecule has 2 aliphatic rings. The van der Waals surface area contributed by atoms with Crippen LogP contribution in [0.4, 0.5) is 17.1 Å². The Balaban J connectivity index is 1.10. The van der Waals surface area contributed by atoms with Crippen molar-refractivity contribution in [3.63, 3.8) is 0 Å². The van der Waals surface area contributed by atoms with Crippen LogP contribution in [0.3, 0.4) is 0 Å². The summed E-state index contributed by atoms with van der Waals surface area (Å²) in [6.45, 7) is 4.72. The Morgan fingerprint density at radius 3 is 2.15 bits per heavy atom. The highest BCUT2D eigenvalue weighted by atomic mass is 15.2. The van der Waals surface area contributed by atoms with Gasteiger partial charge in [0.2, 0.25) is 5.95 Å². The first-order valence-electron chi connectivity index (χ1n) is 21.3. The lowest BCUT2D eigenvalue weighted by atomic mass is 9.73.